The Morgan fingerprint density at radius 2 is 1.13 bits per heavy atom. The fraction of sp³-hybridized carbons (Fsp3) is 0.364. The van der Waals surface area contributed by atoms with Crippen LogP contribution in [0.3, 0.4) is 0 Å². The SMILES string of the molecule is CC(C)(C)c1ccc2c(c1)[cH-]c1cc(C(C)(C)C)ccc12.CC(C)c1cc[c-]cc1.[CH-]1CCCCC1.[CH2]=[Zr].[CH3-].[CH3-].c1cc[cH-]c1. The molecule has 0 atom stereocenters. The van der Waals surface area contributed by atoms with Crippen LogP contribution in [-0.2, 0) is 35.1 Å². The Morgan fingerprint density at radius 1 is 0.689 bits per heavy atom. The summed E-state index contributed by atoms with van der Waals surface area (Å²) in [5.74, 6) is 0.639. The normalized spacial score (nSPS) is 12.4. The molecule has 45 heavy (non-hydrogen) atoms. The Balaban J connectivity index is 0.000000665. The summed E-state index contributed by atoms with van der Waals surface area (Å²) in [6, 6.07) is 37.3. The first-order chi connectivity index (χ1) is 20.5. The first-order valence-electron chi connectivity index (χ1n) is 15.9. The van der Waals surface area contributed by atoms with Crippen LogP contribution in [0, 0.1) is 27.3 Å². The predicted molar refractivity (Wildman–Crippen MR) is 203 cm³/mol. The molecule has 0 spiro atoms. The van der Waals surface area contributed by atoms with Crippen molar-refractivity contribution in [2.45, 2.75) is 104 Å². The van der Waals surface area contributed by atoms with E-state index in [1.165, 1.54) is 94.6 Å². The minimum atomic E-state index is 0. The van der Waals surface area contributed by atoms with Crippen LogP contribution in [0.4, 0.5) is 0 Å². The summed E-state index contributed by atoms with van der Waals surface area (Å²) in [5, 5.41) is 5.48. The van der Waals surface area contributed by atoms with Crippen LogP contribution in [0.15, 0.2) is 97.1 Å². The standard InChI is InChI=1S/C21H25.C9H11.C6H11.C5H5.2CH3.CH2.Zr/c1-20(2,3)16-7-9-18-14(12-16)11-15-13-17(21(4,5)6)8-10-19(15)18;1-8(2)9-6-4-3-5-7-9;1-2-4-6-5-3-1;1-2-4-5-3-1;;;;/h7-13H,1-6H3;4-8H,1-2H3;1H,2-6H2;1-5H;2*1H3;1H2;/q6*-1;;. The minimum absolute atomic E-state index is 0. The molecular weight excluding hydrogens is 620 g/mol. The molecule has 1 aliphatic rings. The molecule has 0 unspecified atom stereocenters. The number of rotatable bonds is 1. The molecule has 0 amide bonds. The predicted octanol–water partition coefficient (Wildman–Crippen LogP) is 13.3. The topological polar surface area (TPSA) is 0 Å². The first kappa shape index (κ1) is 42.6. The van der Waals surface area contributed by atoms with Gasteiger partial charge < -0.3 is 21.3 Å². The number of hydrogen-bond acceptors (Lipinski definition) is 0. The Bertz CT molecular complexity index is 1320. The van der Waals surface area contributed by atoms with Gasteiger partial charge in [0.15, 0.2) is 0 Å². The molecule has 0 aromatic heterocycles. The van der Waals surface area contributed by atoms with Gasteiger partial charge in [-0.1, -0.05) is 110 Å². The molecule has 5 aromatic rings. The molecule has 0 bridgehead atoms. The van der Waals surface area contributed by atoms with Crippen molar-refractivity contribution in [1.82, 2.24) is 0 Å². The Kier molecular flexibility index (Phi) is 20.3. The molecule has 0 aliphatic heterocycles. The van der Waals surface area contributed by atoms with E-state index < -0.39 is 0 Å². The third kappa shape index (κ3) is 14.7. The molecule has 5 aromatic carbocycles. The van der Waals surface area contributed by atoms with E-state index >= 15 is 0 Å². The molecule has 0 saturated heterocycles. The van der Waals surface area contributed by atoms with Crippen molar-refractivity contribution in [1.29, 1.82) is 0 Å². The quantitative estimate of drug-likeness (QED) is 0.155. The molecular formula is C44H60Zr-6. The zero-order valence-corrected chi connectivity index (χ0v) is 32.6. The van der Waals surface area contributed by atoms with Crippen LogP contribution < -0.4 is 0 Å². The van der Waals surface area contributed by atoms with Crippen molar-refractivity contribution in [2.24, 2.45) is 0 Å². The van der Waals surface area contributed by atoms with Crippen LogP contribution in [0.1, 0.15) is 110 Å². The molecule has 0 N–H and O–H groups in total. The van der Waals surface area contributed by atoms with Crippen LogP contribution >= 0.6 is 0 Å². The van der Waals surface area contributed by atoms with Gasteiger partial charge in [-0.2, -0.15) is 66.9 Å². The zero-order valence-electron chi connectivity index (χ0n) is 30.1. The van der Waals surface area contributed by atoms with Gasteiger partial charge in [0.2, 0.25) is 0 Å². The fourth-order valence-corrected chi connectivity index (χ4v) is 4.96. The molecule has 1 heteroatoms. The maximum atomic E-state index is 3.34. The van der Waals surface area contributed by atoms with Gasteiger partial charge in [0.25, 0.3) is 0 Å². The second-order valence-corrected chi connectivity index (χ2v) is 13.6. The number of hydrogen-bond donors (Lipinski definition) is 0. The molecule has 1 fully saturated rings. The molecule has 246 valence electrons. The van der Waals surface area contributed by atoms with Crippen molar-refractivity contribution in [3.8, 4) is 0 Å². The monoisotopic (exact) mass is 678 g/mol. The average Bonchev–Trinajstić information content (AvgIpc) is 3.71. The van der Waals surface area contributed by atoms with Gasteiger partial charge in [0.1, 0.15) is 0 Å². The van der Waals surface area contributed by atoms with Gasteiger partial charge in [0.05, 0.1) is 0 Å². The Labute approximate surface area is 293 Å². The van der Waals surface area contributed by atoms with Gasteiger partial charge in [-0.3, -0.25) is 0 Å². The largest absolute Gasteiger partial charge is 0.358 e. The third-order valence-electron chi connectivity index (χ3n) is 7.72. The van der Waals surface area contributed by atoms with Crippen molar-refractivity contribution < 1.29 is 24.2 Å². The molecule has 0 nitrogen and oxygen atoms in total. The fourth-order valence-electron chi connectivity index (χ4n) is 4.96. The molecule has 0 heterocycles. The van der Waals surface area contributed by atoms with Gasteiger partial charge in [0, 0.05) is 0 Å². The van der Waals surface area contributed by atoms with E-state index in [4.69, 9.17) is 0 Å². The Hall–Kier alpha value is -2.37. The van der Waals surface area contributed by atoms with E-state index in [2.05, 4.69) is 127 Å². The van der Waals surface area contributed by atoms with Crippen LogP contribution in [0.25, 0.3) is 21.5 Å². The van der Waals surface area contributed by atoms with Gasteiger partial charge in [-0.05, 0) is 16.7 Å². The second-order valence-electron chi connectivity index (χ2n) is 13.6. The van der Waals surface area contributed by atoms with Gasteiger partial charge >= 0.3 is 28.4 Å². The molecule has 1 aliphatic carbocycles. The minimum Gasteiger partial charge on any atom is -0.358 e. The summed E-state index contributed by atoms with van der Waals surface area (Å²) in [7, 11) is 0. The molecule has 1 saturated carbocycles. The number of benzene rings is 3. The van der Waals surface area contributed by atoms with E-state index in [1.807, 2.05) is 42.5 Å². The van der Waals surface area contributed by atoms with Gasteiger partial charge in [-0.15, -0.1) is 39.7 Å². The second kappa shape index (κ2) is 21.4. The van der Waals surface area contributed by atoms with Crippen LogP contribution in [0.2, 0.25) is 0 Å². The number of fused-ring (bicyclic) bond motifs is 3. The smallest absolute Gasteiger partial charge is 0.172 e. The molecule has 0 radical (unpaired) electrons. The van der Waals surface area contributed by atoms with Crippen LogP contribution in [-0.4, -0.2) is 4.21 Å². The summed E-state index contributed by atoms with van der Waals surface area (Å²) >= 11 is 1.30. The van der Waals surface area contributed by atoms with E-state index in [9.17, 15) is 0 Å². The van der Waals surface area contributed by atoms with Crippen LogP contribution in [0.5, 0.6) is 0 Å². The maximum Gasteiger partial charge on any atom is -0.172 e. The maximum absolute atomic E-state index is 3.34. The van der Waals surface area contributed by atoms with Crippen molar-refractivity contribution in [2.75, 3.05) is 0 Å². The summed E-state index contributed by atoms with van der Waals surface area (Å²) in [6.45, 7) is 18.0. The third-order valence-corrected chi connectivity index (χ3v) is 7.72. The summed E-state index contributed by atoms with van der Waals surface area (Å²) in [4.78, 5) is 0. The Morgan fingerprint density at radius 3 is 1.40 bits per heavy atom. The zero-order chi connectivity index (χ0) is 31.9. The van der Waals surface area contributed by atoms with Crippen molar-refractivity contribution in [3.63, 3.8) is 0 Å². The summed E-state index contributed by atoms with van der Waals surface area (Å²) in [5.41, 5.74) is 4.60. The summed E-state index contributed by atoms with van der Waals surface area (Å²) < 4.78 is 3.34. The van der Waals surface area contributed by atoms with Crippen molar-refractivity contribution in [3.05, 3.63) is 141 Å². The average molecular weight is 680 g/mol. The van der Waals surface area contributed by atoms with Gasteiger partial charge in [-0.25, -0.2) is 12.1 Å². The first-order valence-corrected chi connectivity index (χ1v) is 17.6. The van der Waals surface area contributed by atoms with E-state index in [0.29, 0.717) is 5.92 Å². The summed E-state index contributed by atoms with van der Waals surface area (Å²) in [6.07, 6.45) is 9.50. The van der Waals surface area contributed by atoms with Crippen molar-refractivity contribution >= 4 is 25.8 Å². The molecule has 6 rings (SSSR count). The van der Waals surface area contributed by atoms with E-state index in [-0.39, 0.29) is 25.7 Å². The van der Waals surface area contributed by atoms with E-state index in [0.717, 1.165) is 0 Å². The van der Waals surface area contributed by atoms with E-state index in [1.54, 1.807) is 0 Å².